The zero-order valence-corrected chi connectivity index (χ0v) is 8.50. The molecule has 14 heavy (non-hydrogen) atoms. The van der Waals surface area contributed by atoms with Crippen LogP contribution in [0, 0.1) is 6.92 Å². The third-order valence-corrected chi connectivity index (χ3v) is 2.78. The van der Waals surface area contributed by atoms with Crippen molar-refractivity contribution in [1.29, 1.82) is 0 Å². The minimum Gasteiger partial charge on any atom is -0.480 e. The Bertz CT molecular complexity index is 359. The molecule has 0 spiro atoms. The number of carboxylic acid groups (broad SMARTS) is 1. The van der Waals surface area contributed by atoms with E-state index < -0.39 is 12.0 Å². The van der Waals surface area contributed by atoms with Gasteiger partial charge in [-0.2, -0.15) is 0 Å². The van der Waals surface area contributed by atoms with Gasteiger partial charge in [0.2, 0.25) is 0 Å². The Hall–Kier alpha value is -1.20. The van der Waals surface area contributed by atoms with Gasteiger partial charge in [-0.15, -0.1) is 11.3 Å². The molecule has 0 fully saturated rings. The lowest BCUT2D eigenvalue weighted by Crippen LogP contribution is -2.32. The van der Waals surface area contributed by atoms with E-state index in [1.54, 1.807) is 6.07 Å². The second-order valence-corrected chi connectivity index (χ2v) is 4.27. The molecule has 5 heteroatoms. The number of carbonyl (C=O) groups excluding carboxylic acids is 1. The zero-order chi connectivity index (χ0) is 10.7. The third kappa shape index (κ3) is 2.65. The smallest absolute Gasteiger partial charge is 0.320 e. The molecule has 0 aliphatic carbocycles. The van der Waals surface area contributed by atoms with Crippen LogP contribution in [0.2, 0.25) is 0 Å². The largest absolute Gasteiger partial charge is 0.480 e. The zero-order valence-electron chi connectivity index (χ0n) is 7.69. The number of hydrogen-bond donors (Lipinski definition) is 2. The Morgan fingerprint density at radius 3 is 2.64 bits per heavy atom. The van der Waals surface area contributed by atoms with Crippen molar-refractivity contribution in [2.75, 3.05) is 0 Å². The van der Waals surface area contributed by atoms with Crippen LogP contribution in [0.3, 0.4) is 0 Å². The Morgan fingerprint density at radius 2 is 2.21 bits per heavy atom. The third-order valence-electron chi connectivity index (χ3n) is 1.74. The number of hydrogen-bond acceptors (Lipinski definition) is 4. The maximum Gasteiger partial charge on any atom is 0.320 e. The van der Waals surface area contributed by atoms with Gasteiger partial charge in [0.1, 0.15) is 6.04 Å². The first-order valence-corrected chi connectivity index (χ1v) is 4.90. The van der Waals surface area contributed by atoms with Gasteiger partial charge in [-0.25, -0.2) is 0 Å². The quantitative estimate of drug-likeness (QED) is 0.732. The maximum absolute atomic E-state index is 11.4. The van der Waals surface area contributed by atoms with Crippen molar-refractivity contribution in [2.45, 2.75) is 19.4 Å². The van der Waals surface area contributed by atoms with E-state index in [1.165, 1.54) is 11.3 Å². The molecule has 1 heterocycles. The van der Waals surface area contributed by atoms with Crippen molar-refractivity contribution >= 4 is 23.1 Å². The molecule has 0 saturated carbocycles. The normalized spacial score (nSPS) is 12.4. The molecular weight excluding hydrogens is 202 g/mol. The first kappa shape index (κ1) is 10.9. The SMILES string of the molecule is Cc1ccc(C(=O)C[C@H](N)C(=O)O)s1. The summed E-state index contributed by atoms with van der Waals surface area (Å²) in [6.45, 7) is 1.89. The van der Waals surface area contributed by atoms with E-state index in [0.29, 0.717) is 4.88 Å². The fourth-order valence-electron chi connectivity index (χ4n) is 0.972. The second kappa shape index (κ2) is 4.34. The van der Waals surface area contributed by atoms with E-state index in [2.05, 4.69) is 0 Å². The summed E-state index contributed by atoms with van der Waals surface area (Å²) in [6.07, 6.45) is -0.144. The Kier molecular flexibility index (Phi) is 3.38. The molecule has 0 bridgehead atoms. The Morgan fingerprint density at radius 1 is 1.57 bits per heavy atom. The summed E-state index contributed by atoms with van der Waals surface area (Å²) < 4.78 is 0. The summed E-state index contributed by atoms with van der Waals surface area (Å²) in [6, 6.07) is 2.41. The number of aryl methyl sites for hydroxylation is 1. The van der Waals surface area contributed by atoms with Crippen LogP contribution in [-0.2, 0) is 4.79 Å². The summed E-state index contributed by atoms with van der Waals surface area (Å²) in [4.78, 5) is 23.4. The predicted molar refractivity (Wildman–Crippen MR) is 53.6 cm³/mol. The van der Waals surface area contributed by atoms with Gasteiger partial charge in [0.15, 0.2) is 5.78 Å². The molecule has 0 radical (unpaired) electrons. The average molecular weight is 213 g/mol. The van der Waals surface area contributed by atoms with Crippen LogP contribution in [0.15, 0.2) is 12.1 Å². The highest BCUT2D eigenvalue weighted by molar-refractivity contribution is 7.14. The van der Waals surface area contributed by atoms with Gasteiger partial charge < -0.3 is 10.8 Å². The van der Waals surface area contributed by atoms with Crippen LogP contribution in [-0.4, -0.2) is 22.9 Å². The van der Waals surface area contributed by atoms with Crippen molar-refractivity contribution in [3.05, 3.63) is 21.9 Å². The number of ketones is 1. The van der Waals surface area contributed by atoms with Crippen molar-refractivity contribution < 1.29 is 14.7 Å². The molecule has 0 saturated heterocycles. The topological polar surface area (TPSA) is 80.4 Å². The average Bonchev–Trinajstić information content (AvgIpc) is 2.51. The Balaban J connectivity index is 2.63. The number of thiophene rings is 1. The number of aliphatic carboxylic acids is 1. The number of carbonyl (C=O) groups is 2. The summed E-state index contributed by atoms with van der Waals surface area (Å²) in [5.74, 6) is -1.36. The van der Waals surface area contributed by atoms with Crippen molar-refractivity contribution in [3.63, 3.8) is 0 Å². The summed E-state index contributed by atoms with van der Waals surface area (Å²) in [5.41, 5.74) is 5.25. The molecule has 0 amide bonds. The van der Waals surface area contributed by atoms with E-state index >= 15 is 0 Å². The van der Waals surface area contributed by atoms with Crippen LogP contribution >= 0.6 is 11.3 Å². The monoisotopic (exact) mass is 213 g/mol. The maximum atomic E-state index is 11.4. The van der Waals surface area contributed by atoms with E-state index in [4.69, 9.17) is 10.8 Å². The van der Waals surface area contributed by atoms with Crippen LogP contribution in [0.25, 0.3) is 0 Å². The fraction of sp³-hybridized carbons (Fsp3) is 0.333. The van der Waals surface area contributed by atoms with Crippen molar-refractivity contribution in [3.8, 4) is 0 Å². The van der Waals surface area contributed by atoms with Gasteiger partial charge in [-0.05, 0) is 19.1 Å². The summed E-state index contributed by atoms with van der Waals surface area (Å²) in [7, 11) is 0. The van der Waals surface area contributed by atoms with Gasteiger partial charge in [-0.3, -0.25) is 9.59 Å². The minimum atomic E-state index is -1.15. The molecule has 0 aromatic carbocycles. The van der Waals surface area contributed by atoms with E-state index in [9.17, 15) is 9.59 Å². The van der Waals surface area contributed by atoms with Crippen molar-refractivity contribution in [2.24, 2.45) is 5.73 Å². The Labute approximate surface area is 85.4 Å². The molecule has 4 nitrogen and oxygen atoms in total. The van der Waals surface area contributed by atoms with E-state index in [1.807, 2.05) is 13.0 Å². The van der Waals surface area contributed by atoms with Crippen LogP contribution in [0.4, 0.5) is 0 Å². The molecule has 3 N–H and O–H groups in total. The van der Waals surface area contributed by atoms with Gasteiger partial charge >= 0.3 is 5.97 Å². The van der Waals surface area contributed by atoms with Crippen molar-refractivity contribution in [1.82, 2.24) is 0 Å². The molecular formula is C9H11NO3S. The first-order chi connectivity index (χ1) is 6.50. The standard InChI is InChI=1S/C9H11NO3S/c1-5-2-3-8(14-5)7(11)4-6(10)9(12)13/h2-3,6H,4,10H2,1H3,(H,12,13)/t6-/m0/s1. The fourth-order valence-corrected chi connectivity index (χ4v) is 1.79. The lowest BCUT2D eigenvalue weighted by molar-refractivity contribution is -0.138. The highest BCUT2D eigenvalue weighted by Gasteiger charge is 2.18. The molecule has 1 atom stereocenters. The summed E-state index contributed by atoms with van der Waals surface area (Å²) >= 11 is 1.35. The number of carboxylic acids is 1. The highest BCUT2D eigenvalue weighted by atomic mass is 32.1. The van der Waals surface area contributed by atoms with Gasteiger partial charge in [-0.1, -0.05) is 0 Å². The second-order valence-electron chi connectivity index (χ2n) is 2.98. The number of nitrogens with two attached hydrogens (primary N) is 1. The van der Waals surface area contributed by atoms with Crippen LogP contribution in [0.1, 0.15) is 21.0 Å². The van der Waals surface area contributed by atoms with Crippen LogP contribution < -0.4 is 5.73 Å². The highest BCUT2D eigenvalue weighted by Crippen LogP contribution is 2.17. The number of rotatable bonds is 4. The van der Waals surface area contributed by atoms with Gasteiger partial charge in [0.05, 0.1) is 4.88 Å². The molecule has 0 unspecified atom stereocenters. The molecule has 0 aliphatic heterocycles. The number of Topliss-reactive ketones (excluding diaryl/α,β-unsaturated/α-hetero) is 1. The molecule has 1 aromatic rings. The predicted octanol–water partition coefficient (Wildman–Crippen LogP) is 1.04. The van der Waals surface area contributed by atoms with Gasteiger partial charge in [0.25, 0.3) is 0 Å². The van der Waals surface area contributed by atoms with E-state index in [-0.39, 0.29) is 12.2 Å². The molecule has 0 aliphatic rings. The van der Waals surface area contributed by atoms with Crippen LogP contribution in [0.5, 0.6) is 0 Å². The van der Waals surface area contributed by atoms with Gasteiger partial charge in [0, 0.05) is 11.3 Å². The lowest BCUT2D eigenvalue weighted by atomic mass is 10.1. The first-order valence-electron chi connectivity index (χ1n) is 4.08. The summed E-state index contributed by atoms with van der Waals surface area (Å²) in [5, 5.41) is 8.51. The molecule has 1 rings (SSSR count). The molecule has 1 aromatic heterocycles. The van der Waals surface area contributed by atoms with E-state index in [0.717, 1.165) is 4.88 Å². The molecule has 76 valence electrons. The minimum absolute atomic E-state index is 0.144. The lowest BCUT2D eigenvalue weighted by Gasteiger charge is -2.02.